The molecule has 0 aliphatic heterocycles. The fraction of sp³-hybridized carbons (Fsp3) is 0.933. The molecule has 112 valence electrons. The number of nitrogens with zero attached hydrogens (tertiary/aromatic N) is 3. The van der Waals surface area contributed by atoms with Gasteiger partial charge in [0.1, 0.15) is 5.54 Å². The molecular weight excluding hydrogens is 236 g/mol. The Labute approximate surface area is 119 Å². The van der Waals surface area contributed by atoms with E-state index in [2.05, 4.69) is 43.6 Å². The fourth-order valence-corrected chi connectivity index (χ4v) is 2.52. The lowest BCUT2D eigenvalue weighted by atomic mass is 9.96. The summed E-state index contributed by atoms with van der Waals surface area (Å²) in [5, 5.41) is 9.01. The lowest BCUT2D eigenvalue weighted by Gasteiger charge is -2.32. The number of hydrogen-bond donors (Lipinski definition) is 1. The predicted molar refractivity (Wildman–Crippen MR) is 81.9 cm³/mol. The molecule has 0 aliphatic carbocycles. The maximum absolute atomic E-state index is 9.01. The Morgan fingerprint density at radius 1 is 1.16 bits per heavy atom. The van der Waals surface area contributed by atoms with E-state index in [0.29, 0.717) is 6.04 Å². The van der Waals surface area contributed by atoms with Crippen LogP contribution in [0.15, 0.2) is 0 Å². The molecule has 0 heterocycles. The Hall–Kier alpha value is -0.630. The molecule has 0 aromatic heterocycles. The van der Waals surface area contributed by atoms with E-state index in [1.54, 1.807) is 0 Å². The molecule has 0 aliphatic rings. The molecule has 0 spiro atoms. The van der Waals surface area contributed by atoms with Crippen LogP contribution in [0.5, 0.6) is 0 Å². The van der Waals surface area contributed by atoms with Crippen LogP contribution in [0.2, 0.25) is 0 Å². The summed E-state index contributed by atoms with van der Waals surface area (Å²) < 4.78 is 0. The minimum atomic E-state index is -0.717. The molecule has 0 amide bonds. The number of rotatable bonds is 10. The van der Waals surface area contributed by atoms with Gasteiger partial charge in [0, 0.05) is 6.04 Å². The smallest absolute Gasteiger partial charge is 0.102 e. The topological polar surface area (TPSA) is 56.3 Å². The first kappa shape index (κ1) is 18.4. The maximum Gasteiger partial charge on any atom is 0.102 e. The minimum absolute atomic E-state index is 0.358. The SMILES string of the molecule is CCN(CC)CCCN(CC)C(C)CC(C)(N)C#N. The lowest BCUT2D eigenvalue weighted by molar-refractivity contribution is 0.179. The summed E-state index contributed by atoms with van der Waals surface area (Å²) in [6, 6.07) is 2.54. The second kappa shape index (κ2) is 9.30. The molecule has 0 aromatic rings. The highest BCUT2D eigenvalue weighted by Crippen LogP contribution is 2.13. The first-order valence-electron chi connectivity index (χ1n) is 7.56. The standard InChI is InChI=1S/C15H32N4/c1-6-18(7-2)10-9-11-19(8-3)14(4)12-15(5,17)13-16/h14H,6-12,17H2,1-5H3. The van der Waals surface area contributed by atoms with Crippen molar-refractivity contribution >= 4 is 0 Å². The van der Waals surface area contributed by atoms with Crippen LogP contribution in [0.3, 0.4) is 0 Å². The van der Waals surface area contributed by atoms with Crippen LogP contribution < -0.4 is 5.73 Å². The summed E-state index contributed by atoms with van der Waals surface area (Å²) in [5.41, 5.74) is 5.22. The van der Waals surface area contributed by atoms with Crippen molar-refractivity contribution in [3.63, 3.8) is 0 Å². The molecule has 2 N–H and O–H groups in total. The summed E-state index contributed by atoms with van der Waals surface area (Å²) in [6.07, 6.45) is 1.90. The zero-order valence-corrected chi connectivity index (χ0v) is 13.4. The largest absolute Gasteiger partial charge is 0.314 e. The molecule has 4 heteroatoms. The Morgan fingerprint density at radius 3 is 2.16 bits per heavy atom. The highest BCUT2D eigenvalue weighted by atomic mass is 15.2. The molecule has 0 saturated carbocycles. The molecule has 2 atom stereocenters. The van der Waals surface area contributed by atoms with Crippen molar-refractivity contribution in [3.8, 4) is 6.07 Å². The first-order chi connectivity index (χ1) is 8.90. The van der Waals surface area contributed by atoms with Crippen LogP contribution >= 0.6 is 0 Å². The van der Waals surface area contributed by atoms with Crippen LogP contribution in [0.25, 0.3) is 0 Å². The average Bonchev–Trinajstić information content (AvgIpc) is 2.38. The highest BCUT2D eigenvalue weighted by Gasteiger charge is 2.23. The van der Waals surface area contributed by atoms with E-state index in [1.165, 1.54) is 6.42 Å². The summed E-state index contributed by atoms with van der Waals surface area (Å²) in [6.45, 7) is 16.0. The number of hydrogen-bond acceptors (Lipinski definition) is 4. The highest BCUT2D eigenvalue weighted by molar-refractivity contribution is 5.02. The Kier molecular flexibility index (Phi) is 8.99. The normalized spacial score (nSPS) is 16.4. The minimum Gasteiger partial charge on any atom is -0.314 e. The Morgan fingerprint density at radius 2 is 1.74 bits per heavy atom. The molecule has 0 radical (unpaired) electrons. The van der Waals surface area contributed by atoms with Gasteiger partial charge in [-0.1, -0.05) is 20.8 Å². The van der Waals surface area contributed by atoms with Crippen molar-refractivity contribution in [1.29, 1.82) is 5.26 Å². The zero-order valence-electron chi connectivity index (χ0n) is 13.4. The molecule has 0 bridgehead atoms. The van der Waals surface area contributed by atoms with E-state index in [-0.39, 0.29) is 0 Å². The maximum atomic E-state index is 9.01. The second-order valence-corrected chi connectivity index (χ2v) is 5.59. The summed E-state index contributed by atoms with van der Waals surface area (Å²) in [5.74, 6) is 0. The van der Waals surface area contributed by atoms with Crippen LogP contribution in [0.4, 0.5) is 0 Å². The van der Waals surface area contributed by atoms with Crippen LogP contribution in [0, 0.1) is 11.3 Å². The quantitative estimate of drug-likeness (QED) is 0.659. The fourth-order valence-electron chi connectivity index (χ4n) is 2.52. The van der Waals surface area contributed by atoms with E-state index in [9.17, 15) is 0 Å². The zero-order chi connectivity index (χ0) is 14.9. The van der Waals surface area contributed by atoms with Gasteiger partial charge in [-0.25, -0.2) is 0 Å². The molecule has 2 unspecified atom stereocenters. The first-order valence-corrected chi connectivity index (χ1v) is 7.56. The third-order valence-corrected chi connectivity index (χ3v) is 3.82. The van der Waals surface area contributed by atoms with Crippen molar-refractivity contribution in [2.45, 2.75) is 59.0 Å². The van der Waals surface area contributed by atoms with E-state index in [1.807, 2.05) is 6.92 Å². The summed E-state index contributed by atoms with van der Waals surface area (Å²) in [7, 11) is 0. The molecular formula is C15H32N4. The molecule has 0 saturated heterocycles. The molecule has 19 heavy (non-hydrogen) atoms. The average molecular weight is 268 g/mol. The lowest BCUT2D eigenvalue weighted by Crippen LogP contribution is -2.44. The second-order valence-electron chi connectivity index (χ2n) is 5.59. The monoisotopic (exact) mass is 268 g/mol. The van der Waals surface area contributed by atoms with Gasteiger partial charge in [0.2, 0.25) is 0 Å². The van der Waals surface area contributed by atoms with Gasteiger partial charge in [0.05, 0.1) is 6.07 Å². The van der Waals surface area contributed by atoms with Crippen LogP contribution in [-0.4, -0.2) is 54.1 Å². The predicted octanol–water partition coefficient (Wildman–Crippen LogP) is 2.06. The van der Waals surface area contributed by atoms with Gasteiger partial charge in [-0.05, 0) is 59.4 Å². The van der Waals surface area contributed by atoms with Gasteiger partial charge in [0.15, 0.2) is 0 Å². The van der Waals surface area contributed by atoms with Crippen LogP contribution in [-0.2, 0) is 0 Å². The van der Waals surface area contributed by atoms with Gasteiger partial charge < -0.3 is 15.5 Å². The van der Waals surface area contributed by atoms with Gasteiger partial charge in [-0.2, -0.15) is 5.26 Å². The van der Waals surface area contributed by atoms with Gasteiger partial charge >= 0.3 is 0 Å². The Bertz CT molecular complexity index is 266. The molecule has 0 aromatic carbocycles. The van der Waals surface area contributed by atoms with Crippen molar-refractivity contribution < 1.29 is 0 Å². The third kappa shape index (κ3) is 7.51. The van der Waals surface area contributed by atoms with E-state index < -0.39 is 5.54 Å². The van der Waals surface area contributed by atoms with E-state index in [4.69, 9.17) is 11.0 Å². The van der Waals surface area contributed by atoms with Gasteiger partial charge in [-0.3, -0.25) is 0 Å². The van der Waals surface area contributed by atoms with E-state index in [0.717, 1.165) is 39.1 Å². The summed E-state index contributed by atoms with van der Waals surface area (Å²) in [4.78, 5) is 4.87. The van der Waals surface area contributed by atoms with Crippen LogP contribution in [0.1, 0.15) is 47.5 Å². The summed E-state index contributed by atoms with van der Waals surface area (Å²) >= 11 is 0. The van der Waals surface area contributed by atoms with Crippen molar-refractivity contribution in [2.24, 2.45) is 5.73 Å². The van der Waals surface area contributed by atoms with Crippen molar-refractivity contribution in [3.05, 3.63) is 0 Å². The molecule has 0 fully saturated rings. The Balaban J connectivity index is 4.17. The third-order valence-electron chi connectivity index (χ3n) is 3.82. The molecule has 0 rings (SSSR count). The number of nitriles is 1. The molecule has 4 nitrogen and oxygen atoms in total. The number of nitrogens with two attached hydrogens (primary N) is 1. The van der Waals surface area contributed by atoms with E-state index >= 15 is 0 Å². The van der Waals surface area contributed by atoms with Gasteiger partial charge in [-0.15, -0.1) is 0 Å². The van der Waals surface area contributed by atoms with Crippen molar-refractivity contribution in [1.82, 2.24) is 9.80 Å². The van der Waals surface area contributed by atoms with Gasteiger partial charge in [0.25, 0.3) is 0 Å². The van der Waals surface area contributed by atoms with Crippen molar-refractivity contribution in [2.75, 3.05) is 32.7 Å².